The molecule has 4 aromatic rings. The van der Waals surface area contributed by atoms with Crippen molar-refractivity contribution in [1.82, 2.24) is 19.6 Å². The van der Waals surface area contributed by atoms with Crippen LogP contribution in [0.25, 0.3) is 11.5 Å². The monoisotopic (exact) mass is 517 g/mol. The predicted octanol–water partition coefficient (Wildman–Crippen LogP) is 2.93. The Kier molecular flexibility index (Phi) is 6.25. The van der Waals surface area contributed by atoms with Crippen molar-refractivity contribution >= 4 is 15.7 Å². The van der Waals surface area contributed by atoms with Gasteiger partial charge in [-0.15, -0.1) is 0 Å². The summed E-state index contributed by atoms with van der Waals surface area (Å²) in [6, 6.07) is 16.2. The van der Waals surface area contributed by atoms with Crippen LogP contribution in [0.15, 0.2) is 82.6 Å². The lowest BCUT2D eigenvalue weighted by atomic mass is 10.0. The maximum absolute atomic E-state index is 13.3. The summed E-state index contributed by atoms with van der Waals surface area (Å²) in [6.45, 7) is 4.17. The molecule has 2 aliphatic heterocycles. The van der Waals surface area contributed by atoms with Crippen LogP contribution in [0.3, 0.4) is 0 Å². The molecule has 1 fully saturated rings. The number of hydrogen-bond donors (Lipinski definition) is 2. The number of hydrogen-bond acceptors (Lipinski definition) is 8. The third kappa shape index (κ3) is 4.64. The number of aliphatic hydroxyl groups is 1. The Hall–Kier alpha value is -3.57. The molecule has 0 amide bonds. The molecule has 190 valence electrons. The molecular weight excluding hydrogens is 490 g/mol. The van der Waals surface area contributed by atoms with E-state index in [1.54, 1.807) is 36.7 Å². The first-order chi connectivity index (χ1) is 18.0. The molecule has 1 unspecified atom stereocenters. The van der Waals surface area contributed by atoms with E-state index in [-0.39, 0.29) is 18.0 Å². The summed E-state index contributed by atoms with van der Waals surface area (Å²) in [4.78, 5) is 11.1. The predicted molar refractivity (Wildman–Crippen MR) is 138 cm³/mol. The maximum atomic E-state index is 13.3. The van der Waals surface area contributed by atoms with Gasteiger partial charge in [-0.05, 0) is 59.2 Å². The molecule has 4 heterocycles. The third-order valence-corrected chi connectivity index (χ3v) is 8.72. The van der Waals surface area contributed by atoms with Gasteiger partial charge in [0.25, 0.3) is 0 Å². The summed E-state index contributed by atoms with van der Waals surface area (Å²) in [7, 11) is -3.71. The quantitative estimate of drug-likeness (QED) is 0.402. The molecule has 37 heavy (non-hydrogen) atoms. The van der Waals surface area contributed by atoms with Gasteiger partial charge in [-0.3, -0.25) is 4.98 Å². The normalized spacial score (nSPS) is 17.1. The fourth-order valence-corrected chi connectivity index (χ4v) is 6.25. The fourth-order valence-electron chi connectivity index (χ4n) is 4.86. The first kappa shape index (κ1) is 23.8. The van der Waals surface area contributed by atoms with Gasteiger partial charge in [-0.25, -0.2) is 13.4 Å². The Morgan fingerprint density at radius 1 is 0.973 bits per heavy atom. The van der Waals surface area contributed by atoms with E-state index in [1.807, 2.05) is 24.3 Å². The number of nitrogens with zero attached hydrogens (tertiary/aromatic N) is 4. The summed E-state index contributed by atoms with van der Waals surface area (Å²) in [5.74, 6) is 0.438. The van der Waals surface area contributed by atoms with Crippen molar-refractivity contribution in [2.24, 2.45) is 0 Å². The summed E-state index contributed by atoms with van der Waals surface area (Å²) in [5.41, 5.74) is 4.73. The average Bonchev–Trinajstić information content (AvgIpc) is 3.64. The molecule has 1 atom stereocenters. The van der Waals surface area contributed by atoms with Gasteiger partial charge in [0.15, 0.2) is 0 Å². The molecule has 1 saturated heterocycles. The van der Waals surface area contributed by atoms with E-state index in [9.17, 15) is 13.5 Å². The molecule has 0 aliphatic carbocycles. The molecular formula is C27H27N5O4S. The summed E-state index contributed by atoms with van der Waals surface area (Å²) >= 11 is 0. The SMILES string of the molecule is O=S(=O)(c1ccc(-c2ncco2)cc1)N1Cc2cnc(C(O)c3cccc(N4CCNCC4)c3)cc2C1. The number of piperazine rings is 1. The van der Waals surface area contributed by atoms with Crippen LogP contribution in [0, 0.1) is 0 Å². The molecule has 0 saturated carbocycles. The number of aromatic nitrogens is 2. The number of sulfonamides is 1. The van der Waals surface area contributed by atoms with Crippen LogP contribution < -0.4 is 10.2 Å². The van der Waals surface area contributed by atoms with Crippen molar-refractivity contribution in [2.45, 2.75) is 24.1 Å². The Labute approximate surface area is 215 Å². The lowest BCUT2D eigenvalue weighted by molar-refractivity contribution is 0.215. The summed E-state index contributed by atoms with van der Waals surface area (Å²) in [5, 5.41) is 14.5. The number of nitrogens with one attached hydrogen (secondary N) is 1. The summed E-state index contributed by atoms with van der Waals surface area (Å²) in [6.07, 6.45) is 3.80. The van der Waals surface area contributed by atoms with E-state index < -0.39 is 16.1 Å². The zero-order valence-electron chi connectivity index (χ0n) is 20.1. The second-order valence-corrected chi connectivity index (χ2v) is 11.2. The van der Waals surface area contributed by atoms with Crippen LogP contribution in [-0.4, -0.2) is 54.0 Å². The van der Waals surface area contributed by atoms with Crippen molar-refractivity contribution in [3.8, 4) is 11.5 Å². The van der Waals surface area contributed by atoms with Gasteiger partial charge in [0.1, 0.15) is 12.4 Å². The fraction of sp³-hybridized carbons (Fsp3) is 0.259. The number of oxazole rings is 1. The van der Waals surface area contributed by atoms with Gasteiger partial charge >= 0.3 is 0 Å². The Balaban J connectivity index is 1.19. The Morgan fingerprint density at radius 2 is 1.76 bits per heavy atom. The molecule has 2 aromatic carbocycles. The topological polar surface area (TPSA) is 112 Å². The molecule has 10 heteroatoms. The maximum Gasteiger partial charge on any atom is 0.243 e. The second-order valence-electron chi connectivity index (χ2n) is 9.25. The van der Waals surface area contributed by atoms with Gasteiger partial charge in [-0.2, -0.15) is 4.31 Å². The van der Waals surface area contributed by atoms with E-state index >= 15 is 0 Å². The average molecular weight is 518 g/mol. The highest BCUT2D eigenvalue weighted by Crippen LogP contribution is 2.32. The van der Waals surface area contributed by atoms with Gasteiger partial charge in [-0.1, -0.05) is 12.1 Å². The molecule has 0 radical (unpaired) electrons. The van der Waals surface area contributed by atoms with E-state index in [2.05, 4.69) is 26.3 Å². The highest BCUT2D eigenvalue weighted by Gasteiger charge is 2.31. The number of anilines is 1. The van der Waals surface area contributed by atoms with Gasteiger partial charge in [0, 0.05) is 56.7 Å². The first-order valence-corrected chi connectivity index (χ1v) is 13.6. The van der Waals surface area contributed by atoms with E-state index in [0.29, 0.717) is 17.1 Å². The molecule has 2 aromatic heterocycles. The largest absolute Gasteiger partial charge is 0.445 e. The molecule has 6 rings (SSSR count). The van der Waals surface area contributed by atoms with Crippen molar-refractivity contribution in [3.63, 3.8) is 0 Å². The molecule has 2 N–H and O–H groups in total. The van der Waals surface area contributed by atoms with Gasteiger partial charge in [0.05, 0.1) is 16.8 Å². The van der Waals surface area contributed by atoms with E-state index in [4.69, 9.17) is 4.42 Å². The van der Waals surface area contributed by atoms with Crippen LogP contribution in [0.1, 0.15) is 28.5 Å². The highest BCUT2D eigenvalue weighted by molar-refractivity contribution is 7.89. The molecule has 0 spiro atoms. The van der Waals surface area contributed by atoms with Crippen molar-refractivity contribution in [3.05, 3.63) is 95.6 Å². The molecule has 2 aliphatic rings. The van der Waals surface area contributed by atoms with Crippen molar-refractivity contribution in [1.29, 1.82) is 0 Å². The standard InChI is InChI=1S/C27H27N5O4S/c33-26(20-2-1-3-23(14-20)31-11-8-28-9-12-31)25-15-21-17-32(18-22(21)16-30-25)37(34,35)24-6-4-19(5-7-24)27-29-10-13-36-27/h1-7,10,13-16,26,28,33H,8-9,11-12,17-18H2. The zero-order valence-corrected chi connectivity index (χ0v) is 20.9. The lowest BCUT2D eigenvalue weighted by Gasteiger charge is -2.30. The summed E-state index contributed by atoms with van der Waals surface area (Å²) < 4.78 is 33.4. The lowest BCUT2D eigenvalue weighted by Crippen LogP contribution is -2.43. The van der Waals surface area contributed by atoms with Gasteiger partial charge in [0.2, 0.25) is 15.9 Å². The number of rotatable bonds is 6. The van der Waals surface area contributed by atoms with Crippen molar-refractivity contribution in [2.75, 3.05) is 31.1 Å². The van der Waals surface area contributed by atoms with E-state index in [1.165, 1.54) is 10.6 Å². The zero-order chi connectivity index (χ0) is 25.4. The number of fused-ring (bicyclic) bond motifs is 1. The Morgan fingerprint density at radius 3 is 2.51 bits per heavy atom. The number of pyridine rings is 1. The van der Waals surface area contributed by atoms with E-state index in [0.717, 1.165) is 48.6 Å². The third-order valence-electron chi connectivity index (χ3n) is 6.92. The van der Waals surface area contributed by atoms with Crippen LogP contribution in [-0.2, 0) is 23.1 Å². The minimum atomic E-state index is -3.71. The molecule has 9 nitrogen and oxygen atoms in total. The minimum absolute atomic E-state index is 0.202. The smallest absolute Gasteiger partial charge is 0.243 e. The molecule has 0 bridgehead atoms. The van der Waals surface area contributed by atoms with Crippen molar-refractivity contribution < 1.29 is 17.9 Å². The minimum Gasteiger partial charge on any atom is -0.445 e. The van der Waals surface area contributed by atoms with Gasteiger partial charge < -0.3 is 19.7 Å². The highest BCUT2D eigenvalue weighted by atomic mass is 32.2. The first-order valence-electron chi connectivity index (χ1n) is 12.2. The number of aliphatic hydroxyl groups excluding tert-OH is 1. The van der Waals surface area contributed by atoms with Crippen LogP contribution >= 0.6 is 0 Å². The Bertz CT molecular complexity index is 1500. The van der Waals surface area contributed by atoms with Crippen LogP contribution in [0.2, 0.25) is 0 Å². The van der Waals surface area contributed by atoms with Crippen LogP contribution in [0.5, 0.6) is 0 Å². The van der Waals surface area contributed by atoms with Crippen LogP contribution in [0.4, 0.5) is 5.69 Å². The second kappa shape index (κ2) is 9.71. The number of benzene rings is 2.